The first kappa shape index (κ1) is 14.3. The molecular formula is C19H24N4O2. The Labute approximate surface area is 147 Å². The summed E-state index contributed by atoms with van der Waals surface area (Å²) in [5.74, 6) is 2.70. The van der Waals surface area contributed by atoms with Crippen LogP contribution in [0, 0.1) is 23.7 Å². The summed E-state index contributed by atoms with van der Waals surface area (Å²) in [5.41, 5.74) is 1.97. The van der Waals surface area contributed by atoms with E-state index in [0.29, 0.717) is 29.0 Å². The summed E-state index contributed by atoms with van der Waals surface area (Å²) in [6.45, 7) is 5.85. The van der Waals surface area contributed by atoms with Crippen LogP contribution in [0.4, 0.5) is 0 Å². The third-order valence-electron chi connectivity index (χ3n) is 7.24. The minimum atomic E-state index is -0.157. The summed E-state index contributed by atoms with van der Waals surface area (Å²) >= 11 is 0. The van der Waals surface area contributed by atoms with Crippen LogP contribution >= 0.6 is 0 Å². The van der Waals surface area contributed by atoms with Crippen LogP contribution < -0.4 is 0 Å². The van der Waals surface area contributed by atoms with E-state index in [2.05, 4.69) is 28.6 Å². The summed E-state index contributed by atoms with van der Waals surface area (Å²) < 4.78 is 2.20. The van der Waals surface area contributed by atoms with Crippen LogP contribution in [-0.2, 0) is 10.4 Å². The van der Waals surface area contributed by atoms with Crippen molar-refractivity contribution >= 4 is 11.6 Å². The molecule has 0 aromatic carbocycles. The van der Waals surface area contributed by atoms with Crippen LogP contribution in [0.2, 0.25) is 0 Å². The molecule has 0 N–H and O–H groups in total. The molecule has 1 saturated heterocycles. The van der Waals surface area contributed by atoms with Gasteiger partial charge in [0.2, 0.25) is 0 Å². The average Bonchev–Trinajstić information content (AvgIpc) is 2.93. The maximum Gasteiger partial charge on any atom is 0.274 e. The van der Waals surface area contributed by atoms with Crippen LogP contribution in [0.3, 0.4) is 0 Å². The highest BCUT2D eigenvalue weighted by atomic mass is 16.7. The first-order chi connectivity index (χ1) is 11.9. The number of piperidine rings is 1. The zero-order valence-corrected chi connectivity index (χ0v) is 14.8. The smallest absolute Gasteiger partial charge is 0.274 e. The van der Waals surface area contributed by atoms with Gasteiger partial charge in [-0.25, -0.2) is 4.98 Å². The number of rotatable bonds is 3. The molecule has 1 aromatic heterocycles. The molecule has 2 atom stereocenters. The molecule has 2 aliphatic heterocycles. The SMILES string of the molecule is CC1(C)CC(C2[C@@H]3CN(C(=O)c4cn(C56CC(C5)C6)cn4)C[C@@H]23)=NO1. The van der Waals surface area contributed by atoms with Gasteiger partial charge in [0.1, 0.15) is 11.3 Å². The molecule has 1 amide bonds. The number of hydrogen-bond acceptors (Lipinski definition) is 4. The fourth-order valence-electron chi connectivity index (χ4n) is 5.65. The van der Waals surface area contributed by atoms with Crippen molar-refractivity contribution in [1.82, 2.24) is 14.5 Å². The summed E-state index contributed by atoms with van der Waals surface area (Å²) in [6.07, 6.45) is 8.59. The van der Waals surface area contributed by atoms with Crippen molar-refractivity contribution in [3.8, 4) is 0 Å². The molecule has 4 aliphatic carbocycles. The number of oxime groups is 1. The largest absolute Gasteiger partial charge is 0.389 e. The lowest BCUT2D eigenvalue weighted by atomic mass is 9.50. The van der Waals surface area contributed by atoms with E-state index >= 15 is 0 Å². The minimum absolute atomic E-state index is 0.0984. The molecule has 132 valence electrons. The molecule has 5 fully saturated rings. The highest BCUT2D eigenvalue weighted by molar-refractivity contribution is 5.94. The van der Waals surface area contributed by atoms with Gasteiger partial charge >= 0.3 is 0 Å². The lowest BCUT2D eigenvalue weighted by Crippen LogP contribution is -2.58. The van der Waals surface area contributed by atoms with E-state index < -0.39 is 0 Å². The Bertz CT molecular complexity index is 781. The van der Waals surface area contributed by atoms with E-state index in [4.69, 9.17) is 4.84 Å². The van der Waals surface area contributed by atoms with Gasteiger partial charge in [-0.2, -0.15) is 0 Å². The van der Waals surface area contributed by atoms with Crippen LogP contribution in [0.1, 0.15) is 50.0 Å². The van der Waals surface area contributed by atoms with Gasteiger partial charge in [-0.3, -0.25) is 4.79 Å². The van der Waals surface area contributed by atoms with E-state index in [9.17, 15) is 4.79 Å². The number of hydrogen-bond donors (Lipinski definition) is 0. The van der Waals surface area contributed by atoms with Crippen molar-refractivity contribution in [3.63, 3.8) is 0 Å². The Morgan fingerprint density at radius 3 is 2.52 bits per heavy atom. The highest BCUT2D eigenvalue weighted by Crippen LogP contribution is 2.62. The number of likely N-dealkylation sites (tertiary alicyclic amines) is 1. The standard InChI is InChI=1S/C19H24N4O2/c1-18(2)6-14(21-25-18)16-12-7-22(8-13(12)16)17(24)15-9-23(10-20-15)19-3-11(4-19)5-19/h9-13,16H,3-8H2,1-2H3/t11?,12-,13-,19?/m1/s1. The summed E-state index contributed by atoms with van der Waals surface area (Å²) in [7, 11) is 0. The number of amides is 1. The van der Waals surface area contributed by atoms with Gasteiger partial charge in [0.25, 0.3) is 5.91 Å². The van der Waals surface area contributed by atoms with E-state index in [0.717, 1.165) is 25.4 Å². The third kappa shape index (κ3) is 1.88. The molecule has 0 unspecified atom stereocenters. The first-order valence-electron chi connectivity index (χ1n) is 9.53. The second-order valence-electron chi connectivity index (χ2n) is 9.54. The van der Waals surface area contributed by atoms with E-state index in [-0.39, 0.29) is 11.5 Å². The molecule has 6 nitrogen and oxygen atoms in total. The van der Waals surface area contributed by atoms with Gasteiger partial charge in [-0.15, -0.1) is 0 Å². The zero-order valence-electron chi connectivity index (χ0n) is 14.8. The zero-order chi connectivity index (χ0) is 17.0. The summed E-state index contributed by atoms with van der Waals surface area (Å²) in [5, 5.41) is 4.31. The van der Waals surface area contributed by atoms with Gasteiger partial charge < -0.3 is 14.3 Å². The highest BCUT2D eigenvalue weighted by Gasteiger charge is 2.61. The van der Waals surface area contributed by atoms with E-state index in [1.54, 1.807) is 0 Å². The summed E-state index contributed by atoms with van der Waals surface area (Å²) in [6, 6.07) is 0. The maximum absolute atomic E-state index is 12.8. The molecule has 7 rings (SSSR count). The lowest BCUT2D eigenvalue weighted by molar-refractivity contribution is -0.0890. The van der Waals surface area contributed by atoms with Crippen molar-refractivity contribution in [2.24, 2.45) is 28.8 Å². The van der Waals surface area contributed by atoms with Crippen molar-refractivity contribution < 1.29 is 9.63 Å². The minimum Gasteiger partial charge on any atom is -0.389 e. The van der Waals surface area contributed by atoms with Crippen LogP contribution in [-0.4, -0.2) is 44.8 Å². The molecule has 1 aromatic rings. The summed E-state index contributed by atoms with van der Waals surface area (Å²) in [4.78, 5) is 24.7. The van der Waals surface area contributed by atoms with Crippen molar-refractivity contribution in [2.45, 2.75) is 50.7 Å². The Kier molecular flexibility index (Phi) is 2.45. The molecule has 2 bridgehead atoms. The number of aromatic nitrogens is 2. The fraction of sp³-hybridized carbons (Fsp3) is 0.737. The van der Waals surface area contributed by atoms with Crippen molar-refractivity contribution in [3.05, 3.63) is 18.2 Å². The van der Waals surface area contributed by atoms with Gasteiger partial charge in [0.15, 0.2) is 0 Å². The molecule has 0 spiro atoms. The molecule has 6 heteroatoms. The number of imidazole rings is 1. The Balaban J connectivity index is 1.11. The normalized spacial score (nSPS) is 42.2. The molecular weight excluding hydrogens is 316 g/mol. The van der Waals surface area contributed by atoms with Crippen LogP contribution in [0.15, 0.2) is 17.7 Å². The predicted molar refractivity (Wildman–Crippen MR) is 91.1 cm³/mol. The molecule has 4 saturated carbocycles. The molecule has 0 radical (unpaired) electrons. The van der Waals surface area contributed by atoms with Gasteiger partial charge in [0.05, 0.1) is 12.0 Å². The third-order valence-corrected chi connectivity index (χ3v) is 7.24. The van der Waals surface area contributed by atoms with E-state index in [1.165, 1.54) is 25.0 Å². The number of carbonyl (C=O) groups excluding carboxylic acids is 1. The van der Waals surface area contributed by atoms with Crippen molar-refractivity contribution in [1.29, 1.82) is 0 Å². The molecule has 6 aliphatic rings. The topological polar surface area (TPSA) is 59.7 Å². The second-order valence-corrected chi connectivity index (χ2v) is 9.54. The first-order valence-corrected chi connectivity index (χ1v) is 9.53. The van der Waals surface area contributed by atoms with Crippen LogP contribution in [0.25, 0.3) is 0 Å². The fourth-order valence-corrected chi connectivity index (χ4v) is 5.65. The monoisotopic (exact) mass is 340 g/mol. The van der Waals surface area contributed by atoms with Gasteiger partial charge in [-0.1, -0.05) is 5.16 Å². The van der Waals surface area contributed by atoms with Gasteiger partial charge in [0, 0.05) is 37.2 Å². The van der Waals surface area contributed by atoms with Gasteiger partial charge in [-0.05, 0) is 50.9 Å². The van der Waals surface area contributed by atoms with Crippen LogP contribution in [0.5, 0.6) is 0 Å². The lowest BCUT2D eigenvalue weighted by Gasteiger charge is -2.62. The quantitative estimate of drug-likeness (QED) is 0.848. The average molecular weight is 340 g/mol. The molecule has 25 heavy (non-hydrogen) atoms. The Morgan fingerprint density at radius 2 is 1.96 bits per heavy atom. The predicted octanol–water partition coefficient (Wildman–Crippen LogP) is 2.27. The number of nitrogens with zero attached hydrogens (tertiary/aromatic N) is 4. The number of fused-ring (bicyclic) bond motifs is 1. The maximum atomic E-state index is 12.8. The molecule has 3 heterocycles. The van der Waals surface area contributed by atoms with Crippen molar-refractivity contribution in [2.75, 3.05) is 13.1 Å². The number of carbonyl (C=O) groups is 1. The second kappa shape index (κ2) is 4.27. The Hall–Kier alpha value is -1.85. The van der Waals surface area contributed by atoms with E-state index in [1.807, 2.05) is 17.4 Å². The Morgan fingerprint density at radius 1 is 1.24 bits per heavy atom.